The van der Waals surface area contributed by atoms with Gasteiger partial charge >= 0.3 is 6.18 Å². The van der Waals surface area contributed by atoms with Crippen LogP contribution < -0.4 is 11.1 Å². The molecule has 0 fully saturated rings. The Hall–Kier alpha value is -3.60. The maximum Gasteiger partial charge on any atom is 0.417 e. The molecule has 11 heteroatoms. The molecule has 0 spiro atoms. The number of anilines is 1. The highest BCUT2D eigenvalue weighted by Gasteiger charge is 2.35. The minimum atomic E-state index is -4.60. The van der Waals surface area contributed by atoms with Crippen LogP contribution in [0, 0.1) is 5.41 Å². The molecule has 3 aromatic rings. The fourth-order valence-corrected chi connectivity index (χ4v) is 3.66. The summed E-state index contributed by atoms with van der Waals surface area (Å²) in [7, 11) is 0. The molecule has 0 saturated heterocycles. The number of carbonyl (C=O) groups excluding carboxylic acids is 1. The summed E-state index contributed by atoms with van der Waals surface area (Å²) in [5.41, 5.74) is 5.43. The summed E-state index contributed by atoms with van der Waals surface area (Å²) in [5.74, 6) is -0.173. The van der Waals surface area contributed by atoms with Crippen molar-refractivity contribution >= 4 is 35.2 Å². The van der Waals surface area contributed by atoms with Crippen LogP contribution in [0.3, 0.4) is 0 Å². The summed E-state index contributed by atoms with van der Waals surface area (Å²) >= 11 is 1.02. The van der Waals surface area contributed by atoms with E-state index in [0.717, 1.165) is 17.4 Å². The topological polar surface area (TPSA) is 117 Å². The lowest BCUT2D eigenvalue weighted by Crippen LogP contribution is -2.14. The molecule has 2 aromatic heterocycles. The fraction of sp³-hybridized carbons (Fsp3) is 0.105. The zero-order valence-corrected chi connectivity index (χ0v) is 16.3. The number of nitrogens with two attached hydrogens (primary N) is 1. The molecule has 2 heterocycles. The number of aromatic nitrogens is 2. The lowest BCUT2D eigenvalue weighted by molar-refractivity contribution is -0.137. The summed E-state index contributed by atoms with van der Waals surface area (Å²) in [5, 5.41) is 10.0. The molecule has 0 saturated carbocycles. The van der Waals surface area contributed by atoms with Gasteiger partial charge in [-0.25, -0.2) is 15.0 Å². The van der Waals surface area contributed by atoms with Gasteiger partial charge in [-0.15, -0.1) is 11.3 Å². The Bertz CT molecular complexity index is 1140. The molecule has 0 radical (unpaired) electrons. The number of amidine groups is 1. The van der Waals surface area contributed by atoms with Crippen LogP contribution in [0.15, 0.2) is 47.6 Å². The molecule has 1 amide bonds. The van der Waals surface area contributed by atoms with Gasteiger partial charge in [0.1, 0.15) is 23.0 Å². The van der Waals surface area contributed by atoms with Crippen molar-refractivity contribution in [3.05, 3.63) is 53.0 Å². The third kappa shape index (κ3) is 4.51. The third-order valence-corrected chi connectivity index (χ3v) is 4.99. The van der Waals surface area contributed by atoms with Crippen LogP contribution in [-0.4, -0.2) is 28.0 Å². The predicted molar refractivity (Wildman–Crippen MR) is 110 cm³/mol. The van der Waals surface area contributed by atoms with Crippen molar-refractivity contribution in [2.75, 3.05) is 5.32 Å². The van der Waals surface area contributed by atoms with E-state index in [0.29, 0.717) is 16.9 Å². The normalized spacial score (nSPS) is 11.9. The Balaban J connectivity index is 2.21. The summed E-state index contributed by atoms with van der Waals surface area (Å²) in [6.07, 6.45) is -2.45. The van der Waals surface area contributed by atoms with E-state index < -0.39 is 11.7 Å². The van der Waals surface area contributed by atoms with Crippen LogP contribution in [0.25, 0.3) is 21.8 Å². The van der Waals surface area contributed by atoms with Gasteiger partial charge in [0.05, 0.1) is 16.1 Å². The van der Waals surface area contributed by atoms with Crippen molar-refractivity contribution in [3.8, 4) is 21.8 Å². The highest BCUT2D eigenvalue weighted by Crippen LogP contribution is 2.40. The van der Waals surface area contributed by atoms with Crippen LogP contribution in [-0.2, 0) is 11.0 Å². The number of aliphatic imine (C=N–C) groups is 1. The second-order valence-electron chi connectivity index (χ2n) is 5.99. The van der Waals surface area contributed by atoms with E-state index >= 15 is 0 Å². The monoisotopic (exact) mass is 432 g/mol. The molecule has 30 heavy (non-hydrogen) atoms. The van der Waals surface area contributed by atoms with Gasteiger partial charge in [-0.3, -0.25) is 10.2 Å². The first-order valence-corrected chi connectivity index (χ1v) is 9.26. The highest BCUT2D eigenvalue weighted by molar-refractivity contribution is 7.17. The number of rotatable bonds is 5. The van der Waals surface area contributed by atoms with Gasteiger partial charge in [0.15, 0.2) is 0 Å². The van der Waals surface area contributed by atoms with Crippen LogP contribution in [0.2, 0.25) is 0 Å². The van der Waals surface area contributed by atoms with Gasteiger partial charge in [-0.1, -0.05) is 18.2 Å². The second kappa shape index (κ2) is 8.41. The molecule has 7 nitrogen and oxygen atoms in total. The summed E-state index contributed by atoms with van der Waals surface area (Å²) in [6, 6.07) is 8.18. The van der Waals surface area contributed by atoms with Crippen molar-refractivity contribution in [1.82, 2.24) is 9.97 Å². The van der Waals surface area contributed by atoms with Crippen molar-refractivity contribution < 1.29 is 18.0 Å². The first kappa shape index (κ1) is 21.1. The molecular weight excluding hydrogens is 417 g/mol. The van der Waals surface area contributed by atoms with E-state index in [1.54, 1.807) is 12.1 Å². The number of nitrogens with zero attached hydrogens (tertiary/aromatic N) is 3. The molecule has 0 unspecified atom stereocenters. The quantitative estimate of drug-likeness (QED) is 0.414. The second-order valence-corrected chi connectivity index (χ2v) is 6.99. The SMILES string of the molecule is CC(=O)Nc1cc(-c2nc(-c3ccccc3C(F)(F)F)c(C(N)=NC=N)s2)ccn1. The molecule has 4 N–H and O–H groups in total. The maximum absolute atomic E-state index is 13.5. The van der Waals surface area contributed by atoms with Gasteiger partial charge in [0.25, 0.3) is 0 Å². The summed E-state index contributed by atoms with van der Waals surface area (Å²) in [4.78, 5) is 23.6. The van der Waals surface area contributed by atoms with Crippen molar-refractivity contribution in [3.63, 3.8) is 0 Å². The van der Waals surface area contributed by atoms with E-state index in [2.05, 4.69) is 20.3 Å². The molecule has 1 aromatic carbocycles. The largest absolute Gasteiger partial charge is 0.417 e. The highest BCUT2D eigenvalue weighted by atomic mass is 32.1. The average Bonchev–Trinajstić information content (AvgIpc) is 3.13. The Morgan fingerprint density at radius 3 is 2.70 bits per heavy atom. The molecule has 0 aliphatic carbocycles. The number of alkyl halides is 3. The molecule has 3 rings (SSSR count). The number of hydrogen-bond donors (Lipinski definition) is 3. The Labute approximate surface area is 173 Å². The fourth-order valence-electron chi connectivity index (χ4n) is 2.68. The minimum absolute atomic E-state index is 0.00362. The van der Waals surface area contributed by atoms with Gasteiger partial charge in [-0.2, -0.15) is 13.2 Å². The molecule has 0 aliphatic rings. The van der Waals surface area contributed by atoms with Crippen molar-refractivity contribution in [1.29, 1.82) is 5.41 Å². The van der Waals surface area contributed by atoms with Crippen molar-refractivity contribution in [2.24, 2.45) is 10.7 Å². The average molecular weight is 432 g/mol. The van der Waals surface area contributed by atoms with Crippen LogP contribution in [0.5, 0.6) is 0 Å². The van der Waals surface area contributed by atoms with E-state index in [1.807, 2.05) is 0 Å². The zero-order chi connectivity index (χ0) is 21.9. The van der Waals surface area contributed by atoms with Crippen LogP contribution in [0.4, 0.5) is 19.0 Å². The van der Waals surface area contributed by atoms with E-state index in [9.17, 15) is 18.0 Å². The zero-order valence-electron chi connectivity index (χ0n) is 15.5. The standard InChI is InChI=1S/C19H15F3N6OS/c1-10(29)27-14-8-11(6-7-25-14)18-28-15(16(30-18)17(24)26-9-23)12-4-2-3-5-13(12)19(20,21)22/h2-9H,1H3,(H3,23,24,26)(H,25,27,29). The molecule has 0 bridgehead atoms. The van der Waals surface area contributed by atoms with Crippen LogP contribution in [0.1, 0.15) is 17.4 Å². The molecule has 154 valence electrons. The van der Waals surface area contributed by atoms with Gasteiger partial charge in [0.2, 0.25) is 5.91 Å². The summed E-state index contributed by atoms with van der Waals surface area (Å²) < 4.78 is 40.6. The molecule has 0 aliphatic heterocycles. The van der Waals surface area contributed by atoms with Gasteiger partial charge < -0.3 is 11.1 Å². The number of carbonyl (C=O) groups is 1. The van der Waals surface area contributed by atoms with Gasteiger partial charge in [-0.05, 0) is 18.2 Å². The minimum Gasteiger partial charge on any atom is -0.382 e. The molecule has 0 atom stereocenters. The van der Waals surface area contributed by atoms with Crippen LogP contribution >= 0.6 is 11.3 Å². The Morgan fingerprint density at radius 2 is 2.03 bits per heavy atom. The first-order valence-electron chi connectivity index (χ1n) is 8.44. The van der Waals surface area contributed by atoms with Gasteiger partial charge in [0, 0.05) is 24.2 Å². The number of thiazole rings is 1. The number of nitrogens with one attached hydrogen (secondary N) is 2. The number of benzene rings is 1. The number of amides is 1. The Morgan fingerprint density at radius 1 is 1.30 bits per heavy atom. The van der Waals surface area contributed by atoms with Crippen molar-refractivity contribution in [2.45, 2.75) is 13.1 Å². The first-order chi connectivity index (χ1) is 14.2. The smallest absolute Gasteiger partial charge is 0.382 e. The Kier molecular flexibility index (Phi) is 5.92. The lowest BCUT2D eigenvalue weighted by atomic mass is 10.0. The number of hydrogen-bond acceptors (Lipinski definition) is 5. The van der Waals surface area contributed by atoms with E-state index in [-0.39, 0.29) is 33.7 Å². The third-order valence-electron chi connectivity index (χ3n) is 3.86. The number of halogens is 3. The summed E-state index contributed by atoms with van der Waals surface area (Å²) in [6.45, 7) is 1.33. The van der Waals surface area contributed by atoms with E-state index in [1.165, 1.54) is 31.3 Å². The molecular formula is C19H15F3N6OS. The maximum atomic E-state index is 13.5. The lowest BCUT2D eigenvalue weighted by Gasteiger charge is -2.12. The predicted octanol–water partition coefficient (Wildman–Crippen LogP) is 4.16. The van der Waals surface area contributed by atoms with E-state index in [4.69, 9.17) is 11.1 Å². The number of pyridine rings is 1.